The lowest BCUT2D eigenvalue weighted by molar-refractivity contribution is 0.0748. The number of anilines is 1. The fraction of sp³-hybridized carbons (Fsp3) is 0.391. The van der Waals surface area contributed by atoms with E-state index in [4.69, 9.17) is 0 Å². The smallest absolute Gasteiger partial charge is 0.332 e. The third-order valence-electron chi connectivity index (χ3n) is 6.31. The molecule has 3 aromatic rings. The van der Waals surface area contributed by atoms with Gasteiger partial charge in [0.05, 0.1) is 10.9 Å². The highest BCUT2D eigenvalue weighted by atomic mass is 16.2. The molecule has 0 aliphatic carbocycles. The summed E-state index contributed by atoms with van der Waals surface area (Å²) < 4.78 is 3.42. The Kier molecular flexibility index (Phi) is 5.28. The Hall–Kier alpha value is -3.62. The molecule has 0 N–H and O–H groups in total. The number of aromatic nitrogens is 3. The van der Waals surface area contributed by atoms with Gasteiger partial charge < -0.3 is 9.80 Å². The van der Waals surface area contributed by atoms with E-state index in [2.05, 4.69) is 36.9 Å². The lowest BCUT2D eigenvalue weighted by atomic mass is 10.1. The molecule has 9 heteroatoms. The predicted octanol–water partition coefficient (Wildman–Crippen LogP) is 0.515. The first-order valence-electron chi connectivity index (χ1n) is 10.5. The summed E-state index contributed by atoms with van der Waals surface area (Å²) in [5.41, 5.74) is 2.13. The number of benzene rings is 1. The van der Waals surface area contributed by atoms with E-state index in [0.717, 1.165) is 10.3 Å². The maximum atomic E-state index is 13.4. The number of hydrogen-bond acceptors (Lipinski definition) is 5. The normalized spacial score (nSPS) is 14.3. The van der Waals surface area contributed by atoms with E-state index in [-0.39, 0.29) is 22.5 Å². The third kappa shape index (κ3) is 3.34. The Morgan fingerprint density at radius 2 is 1.50 bits per heavy atom. The highest BCUT2D eigenvalue weighted by Crippen LogP contribution is 2.23. The van der Waals surface area contributed by atoms with Crippen molar-refractivity contribution in [2.75, 3.05) is 31.1 Å². The van der Waals surface area contributed by atoms with Gasteiger partial charge in [-0.05, 0) is 25.5 Å². The van der Waals surface area contributed by atoms with Crippen molar-refractivity contribution in [3.63, 3.8) is 0 Å². The first-order valence-corrected chi connectivity index (χ1v) is 10.5. The molecule has 0 atom stereocenters. The molecule has 0 saturated carbocycles. The third-order valence-corrected chi connectivity index (χ3v) is 6.31. The molecule has 4 rings (SSSR count). The topological polar surface area (TPSA) is 89.6 Å². The maximum Gasteiger partial charge on any atom is 0.332 e. The Labute approximate surface area is 184 Å². The highest BCUT2D eigenvalue weighted by Gasteiger charge is 2.27. The molecule has 1 aliphatic rings. The van der Waals surface area contributed by atoms with E-state index in [9.17, 15) is 19.2 Å². The Morgan fingerprint density at radius 1 is 0.844 bits per heavy atom. The van der Waals surface area contributed by atoms with E-state index in [1.807, 2.05) is 0 Å². The molecule has 1 fully saturated rings. The molecular formula is C23H27N5O4. The van der Waals surface area contributed by atoms with Crippen LogP contribution in [-0.2, 0) is 21.1 Å². The molecule has 168 valence electrons. The van der Waals surface area contributed by atoms with Crippen molar-refractivity contribution in [1.29, 1.82) is 0 Å². The molecular weight excluding hydrogens is 410 g/mol. The number of carbonyl (C=O) groups excluding carboxylic acids is 1. The van der Waals surface area contributed by atoms with Gasteiger partial charge in [-0.3, -0.25) is 28.1 Å². The number of carbonyl (C=O) groups is 1. The zero-order chi connectivity index (χ0) is 23.3. The molecule has 1 amide bonds. The largest absolute Gasteiger partial charge is 0.368 e. The van der Waals surface area contributed by atoms with Crippen molar-refractivity contribution < 1.29 is 4.79 Å². The Bertz CT molecular complexity index is 1420. The minimum atomic E-state index is -0.587. The summed E-state index contributed by atoms with van der Waals surface area (Å²) in [5.74, 6) is -0.372. The van der Waals surface area contributed by atoms with Gasteiger partial charge in [0, 0.05) is 59.1 Å². The van der Waals surface area contributed by atoms with E-state index in [1.54, 1.807) is 4.90 Å². The summed E-state index contributed by atoms with van der Waals surface area (Å²) in [6, 6.07) is 7.51. The molecule has 1 saturated heterocycles. The van der Waals surface area contributed by atoms with Gasteiger partial charge in [-0.15, -0.1) is 0 Å². The summed E-state index contributed by atoms with van der Waals surface area (Å²) >= 11 is 0. The monoisotopic (exact) mass is 437 g/mol. The van der Waals surface area contributed by atoms with Gasteiger partial charge in [-0.1, -0.05) is 17.7 Å². The van der Waals surface area contributed by atoms with Gasteiger partial charge in [-0.25, -0.2) is 4.79 Å². The number of amides is 1. The van der Waals surface area contributed by atoms with Crippen LogP contribution in [0.3, 0.4) is 0 Å². The van der Waals surface area contributed by atoms with Crippen LogP contribution in [0.5, 0.6) is 0 Å². The second-order valence-corrected chi connectivity index (χ2v) is 8.43. The SMILES string of the molecule is Cc1ccc(N2CCN(C(=O)c3cc(=O)n(C)c4c3c(=O)n(C)c(=O)n4C)CC2)c(C)c1. The van der Waals surface area contributed by atoms with Crippen LogP contribution in [0, 0.1) is 13.8 Å². The van der Waals surface area contributed by atoms with Crippen molar-refractivity contribution in [3.05, 3.63) is 72.1 Å². The zero-order valence-electron chi connectivity index (χ0n) is 19.0. The van der Waals surface area contributed by atoms with E-state index < -0.39 is 16.8 Å². The summed E-state index contributed by atoms with van der Waals surface area (Å²) in [7, 11) is 4.34. The number of fused-ring (bicyclic) bond motifs is 1. The van der Waals surface area contributed by atoms with Crippen LogP contribution in [0.15, 0.2) is 38.6 Å². The van der Waals surface area contributed by atoms with Crippen LogP contribution < -0.4 is 21.7 Å². The van der Waals surface area contributed by atoms with Crippen LogP contribution in [0.2, 0.25) is 0 Å². The number of nitrogens with zero attached hydrogens (tertiary/aromatic N) is 5. The molecule has 1 aromatic carbocycles. The number of aryl methyl sites for hydroxylation is 4. The van der Waals surface area contributed by atoms with Crippen molar-refractivity contribution in [2.24, 2.45) is 21.1 Å². The zero-order valence-corrected chi connectivity index (χ0v) is 19.0. The van der Waals surface area contributed by atoms with Crippen LogP contribution >= 0.6 is 0 Å². The minimum Gasteiger partial charge on any atom is -0.368 e. The number of pyridine rings is 1. The average Bonchev–Trinajstić information content (AvgIpc) is 2.77. The van der Waals surface area contributed by atoms with Crippen molar-refractivity contribution in [2.45, 2.75) is 13.8 Å². The molecule has 1 aliphatic heterocycles. The number of hydrogen-bond donors (Lipinski definition) is 0. The van der Waals surface area contributed by atoms with Crippen LogP contribution in [-0.4, -0.2) is 50.7 Å². The summed E-state index contributed by atoms with van der Waals surface area (Å²) in [6.45, 7) is 6.36. The van der Waals surface area contributed by atoms with Crippen LogP contribution in [0.1, 0.15) is 21.5 Å². The van der Waals surface area contributed by atoms with Crippen LogP contribution in [0.25, 0.3) is 11.0 Å². The van der Waals surface area contributed by atoms with Crippen LogP contribution in [0.4, 0.5) is 5.69 Å². The van der Waals surface area contributed by atoms with Gasteiger partial charge >= 0.3 is 5.69 Å². The highest BCUT2D eigenvalue weighted by molar-refractivity contribution is 6.05. The fourth-order valence-electron chi connectivity index (χ4n) is 4.51. The first kappa shape index (κ1) is 21.6. The molecule has 32 heavy (non-hydrogen) atoms. The fourth-order valence-corrected chi connectivity index (χ4v) is 4.51. The molecule has 9 nitrogen and oxygen atoms in total. The summed E-state index contributed by atoms with van der Waals surface area (Å²) in [5, 5.41) is 0.0820. The van der Waals surface area contributed by atoms with Crippen molar-refractivity contribution >= 4 is 22.6 Å². The van der Waals surface area contributed by atoms with E-state index >= 15 is 0 Å². The quantitative estimate of drug-likeness (QED) is 0.583. The van der Waals surface area contributed by atoms with Crippen molar-refractivity contribution in [1.82, 2.24) is 18.6 Å². The second-order valence-electron chi connectivity index (χ2n) is 8.43. The lowest BCUT2D eigenvalue weighted by Gasteiger charge is -2.37. The van der Waals surface area contributed by atoms with Gasteiger partial charge in [0.2, 0.25) is 0 Å². The van der Waals surface area contributed by atoms with Gasteiger partial charge in [-0.2, -0.15) is 0 Å². The first-order chi connectivity index (χ1) is 15.1. The number of rotatable bonds is 2. The standard InChI is InChI=1S/C23H27N5O4/c1-14-6-7-17(15(2)12-14)27-8-10-28(11-9-27)21(30)16-13-18(29)24(3)20-19(16)22(31)26(5)23(32)25(20)4/h6-7,12-13H,8-11H2,1-5H3. The molecule has 0 unspecified atom stereocenters. The maximum absolute atomic E-state index is 13.4. The van der Waals surface area contributed by atoms with Gasteiger partial charge in [0.15, 0.2) is 0 Å². The molecule has 0 bridgehead atoms. The molecule has 0 spiro atoms. The van der Waals surface area contributed by atoms with Gasteiger partial charge in [0.1, 0.15) is 5.65 Å². The summed E-state index contributed by atoms with van der Waals surface area (Å²) in [4.78, 5) is 55.2. The van der Waals surface area contributed by atoms with E-state index in [1.165, 1.54) is 47.5 Å². The lowest BCUT2D eigenvalue weighted by Crippen LogP contribution is -2.49. The predicted molar refractivity (Wildman–Crippen MR) is 124 cm³/mol. The second kappa shape index (κ2) is 7.81. The average molecular weight is 438 g/mol. The van der Waals surface area contributed by atoms with E-state index in [0.29, 0.717) is 26.2 Å². The van der Waals surface area contributed by atoms with Crippen molar-refractivity contribution in [3.8, 4) is 0 Å². The minimum absolute atomic E-state index is 0.0410. The Morgan fingerprint density at radius 3 is 2.12 bits per heavy atom. The number of piperazine rings is 1. The Balaban J connectivity index is 1.71. The molecule has 3 heterocycles. The molecule has 0 radical (unpaired) electrons. The van der Waals surface area contributed by atoms with Gasteiger partial charge in [0.25, 0.3) is 17.0 Å². The molecule has 2 aromatic heterocycles. The summed E-state index contributed by atoms with van der Waals surface area (Å²) in [6.07, 6.45) is 0.